The van der Waals surface area contributed by atoms with Crippen molar-refractivity contribution in [1.29, 1.82) is 0 Å². The summed E-state index contributed by atoms with van der Waals surface area (Å²) in [4.78, 5) is 21.5. The molecule has 0 radical (unpaired) electrons. The van der Waals surface area contributed by atoms with E-state index in [4.69, 9.17) is 0 Å². The number of nitrogens with one attached hydrogen (secondary N) is 1. The molecule has 0 saturated carbocycles. The van der Waals surface area contributed by atoms with E-state index in [9.17, 15) is 4.79 Å². The molecule has 0 spiro atoms. The Morgan fingerprint density at radius 3 is 2.89 bits per heavy atom. The summed E-state index contributed by atoms with van der Waals surface area (Å²) in [6.45, 7) is 1.89. The van der Waals surface area contributed by atoms with E-state index in [0.717, 1.165) is 27.7 Å². The standard InChI is InChI=1S/C20H16N6OS/c1-12-10-28-20(23-12)24-19(27)16-8-15(9-26-18(16)21-11-22-26)13-3-4-17-14(7-13)5-6-25(17)2/h3-11H,1-2H3,(H,23,24,27). The highest BCUT2D eigenvalue weighted by Gasteiger charge is 2.16. The van der Waals surface area contributed by atoms with E-state index in [0.29, 0.717) is 16.3 Å². The maximum Gasteiger partial charge on any atom is 0.261 e. The molecule has 0 saturated heterocycles. The number of amides is 1. The second-order valence-electron chi connectivity index (χ2n) is 6.62. The molecule has 138 valence electrons. The molecule has 0 fully saturated rings. The molecule has 0 bridgehead atoms. The predicted molar refractivity (Wildman–Crippen MR) is 110 cm³/mol. The molecule has 0 aliphatic rings. The van der Waals surface area contributed by atoms with Crippen LogP contribution >= 0.6 is 11.3 Å². The van der Waals surface area contributed by atoms with Gasteiger partial charge in [0, 0.05) is 41.3 Å². The molecule has 5 aromatic rings. The van der Waals surface area contributed by atoms with Crippen LogP contribution in [0.2, 0.25) is 0 Å². The maximum atomic E-state index is 12.9. The molecular formula is C20H16N6OS. The molecule has 1 aromatic carbocycles. The minimum absolute atomic E-state index is 0.255. The molecule has 0 aliphatic carbocycles. The summed E-state index contributed by atoms with van der Waals surface area (Å²) in [5, 5.41) is 10.7. The summed E-state index contributed by atoms with van der Waals surface area (Å²) < 4.78 is 3.71. The van der Waals surface area contributed by atoms with E-state index in [1.165, 1.54) is 17.7 Å². The number of hydrogen-bond acceptors (Lipinski definition) is 5. The lowest BCUT2D eigenvalue weighted by molar-refractivity contribution is 0.102. The molecule has 7 nitrogen and oxygen atoms in total. The predicted octanol–water partition coefficient (Wildman–Crippen LogP) is 3.91. The van der Waals surface area contributed by atoms with Gasteiger partial charge in [0.1, 0.15) is 6.33 Å². The van der Waals surface area contributed by atoms with Gasteiger partial charge in [-0.15, -0.1) is 11.3 Å². The van der Waals surface area contributed by atoms with Gasteiger partial charge in [-0.2, -0.15) is 5.10 Å². The Kier molecular flexibility index (Phi) is 3.73. The van der Waals surface area contributed by atoms with Crippen LogP contribution in [0.25, 0.3) is 27.7 Å². The smallest absolute Gasteiger partial charge is 0.261 e. The monoisotopic (exact) mass is 388 g/mol. The van der Waals surface area contributed by atoms with Gasteiger partial charge in [-0.1, -0.05) is 6.07 Å². The number of rotatable bonds is 3. The fourth-order valence-corrected chi connectivity index (χ4v) is 3.97. The second-order valence-corrected chi connectivity index (χ2v) is 7.48. The molecule has 1 N–H and O–H groups in total. The number of carbonyl (C=O) groups excluding carboxylic acids is 1. The normalized spacial score (nSPS) is 11.4. The average molecular weight is 388 g/mol. The van der Waals surface area contributed by atoms with E-state index in [2.05, 4.69) is 43.1 Å². The van der Waals surface area contributed by atoms with E-state index < -0.39 is 0 Å². The fourth-order valence-electron chi connectivity index (χ4n) is 3.29. The zero-order valence-corrected chi connectivity index (χ0v) is 16.1. The van der Waals surface area contributed by atoms with Crippen molar-refractivity contribution in [2.75, 3.05) is 5.32 Å². The molecule has 1 amide bonds. The minimum atomic E-state index is -0.255. The number of thiazole rings is 1. The van der Waals surface area contributed by atoms with Crippen molar-refractivity contribution in [3.05, 3.63) is 65.7 Å². The summed E-state index contributed by atoms with van der Waals surface area (Å²) in [6.07, 6.45) is 5.37. The molecule has 28 heavy (non-hydrogen) atoms. The van der Waals surface area contributed by atoms with Crippen LogP contribution in [-0.4, -0.2) is 30.1 Å². The number of benzene rings is 1. The highest BCUT2D eigenvalue weighted by Crippen LogP contribution is 2.27. The zero-order chi connectivity index (χ0) is 19.3. The summed E-state index contributed by atoms with van der Waals surface area (Å²) >= 11 is 1.40. The lowest BCUT2D eigenvalue weighted by Crippen LogP contribution is -2.14. The SMILES string of the molecule is Cc1csc(NC(=O)c2cc(-c3ccc4c(ccn4C)c3)cn3ncnc23)n1. The van der Waals surface area contributed by atoms with Crippen LogP contribution in [-0.2, 0) is 7.05 Å². The largest absolute Gasteiger partial charge is 0.351 e. The molecule has 8 heteroatoms. The Labute approximate surface area is 164 Å². The van der Waals surface area contributed by atoms with Crippen LogP contribution in [0.1, 0.15) is 16.1 Å². The van der Waals surface area contributed by atoms with Crippen molar-refractivity contribution in [3.8, 4) is 11.1 Å². The van der Waals surface area contributed by atoms with Crippen LogP contribution in [0.3, 0.4) is 0 Å². The first kappa shape index (κ1) is 16.6. The van der Waals surface area contributed by atoms with Crippen molar-refractivity contribution in [2.45, 2.75) is 6.92 Å². The van der Waals surface area contributed by atoms with Gasteiger partial charge < -0.3 is 4.57 Å². The van der Waals surface area contributed by atoms with Crippen LogP contribution < -0.4 is 5.32 Å². The number of pyridine rings is 1. The maximum absolute atomic E-state index is 12.9. The third-order valence-electron chi connectivity index (χ3n) is 4.68. The summed E-state index contributed by atoms with van der Waals surface area (Å²) in [7, 11) is 2.02. The first-order valence-electron chi connectivity index (χ1n) is 8.71. The Balaban J connectivity index is 1.60. The summed E-state index contributed by atoms with van der Waals surface area (Å²) in [5.74, 6) is -0.255. The first-order valence-corrected chi connectivity index (χ1v) is 9.59. The van der Waals surface area contributed by atoms with Gasteiger partial charge in [-0.25, -0.2) is 14.5 Å². The van der Waals surface area contributed by atoms with E-state index >= 15 is 0 Å². The van der Waals surface area contributed by atoms with Crippen molar-refractivity contribution >= 4 is 38.9 Å². The molecule has 4 heterocycles. The van der Waals surface area contributed by atoms with Gasteiger partial charge in [0.15, 0.2) is 10.8 Å². The quantitative estimate of drug-likeness (QED) is 0.508. The number of aryl methyl sites for hydroxylation is 2. The first-order chi connectivity index (χ1) is 13.6. The molecule has 0 atom stereocenters. The van der Waals surface area contributed by atoms with Crippen molar-refractivity contribution in [2.24, 2.45) is 7.05 Å². The Morgan fingerprint density at radius 2 is 2.07 bits per heavy atom. The van der Waals surface area contributed by atoms with Gasteiger partial charge in [-0.05, 0) is 36.8 Å². The van der Waals surface area contributed by atoms with E-state index in [-0.39, 0.29) is 5.91 Å². The van der Waals surface area contributed by atoms with Crippen molar-refractivity contribution in [3.63, 3.8) is 0 Å². The highest BCUT2D eigenvalue weighted by atomic mass is 32.1. The zero-order valence-electron chi connectivity index (χ0n) is 15.2. The Hall–Kier alpha value is -3.52. The van der Waals surface area contributed by atoms with E-state index in [1.54, 1.807) is 4.52 Å². The number of nitrogens with zero attached hydrogens (tertiary/aromatic N) is 5. The topological polar surface area (TPSA) is 77.1 Å². The average Bonchev–Trinajstić information content (AvgIpc) is 3.41. The third-order valence-corrected chi connectivity index (χ3v) is 5.55. The molecule has 4 aromatic heterocycles. The van der Waals surface area contributed by atoms with Crippen LogP contribution in [0.15, 0.2) is 54.4 Å². The van der Waals surface area contributed by atoms with Crippen LogP contribution in [0.4, 0.5) is 5.13 Å². The molecular weight excluding hydrogens is 372 g/mol. The van der Waals surface area contributed by atoms with Gasteiger partial charge in [-0.3, -0.25) is 10.1 Å². The highest BCUT2D eigenvalue weighted by molar-refractivity contribution is 7.13. The molecule has 0 aliphatic heterocycles. The molecule has 0 unspecified atom stereocenters. The van der Waals surface area contributed by atoms with Gasteiger partial charge in [0.2, 0.25) is 0 Å². The second kappa shape index (κ2) is 6.28. The number of aromatic nitrogens is 5. The van der Waals surface area contributed by atoms with Gasteiger partial charge in [0.05, 0.1) is 11.3 Å². The fraction of sp³-hybridized carbons (Fsp3) is 0.100. The third kappa shape index (κ3) is 2.74. The minimum Gasteiger partial charge on any atom is -0.351 e. The number of fused-ring (bicyclic) bond motifs is 2. The Bertz CT molecular complexity index is 1350. The number of anilines is 1. The molecule has 5 rings (SSSR count). The number of carbonyl (C=O) groups is 1. The van der Waals surface area contributed by atoms with Crippen molar-refractivity contribution < 1.29 is 4.79 Å². The lowest BCUT2D eigenvalue weighted by atomic mass is 10.0. The lowest BCUT2D eigenvalue weighted by Gasteiger charge is -2.08. The van der Waals surface area contributed by atoms with Gasteiger partial charge in [0.25, 0.3) is 5.91 Å². The summed E-state index contributed by atoms with van der Waals surface area (Å²) in [5.41, 5.74) is 4.89. The Morgan fingerprint density at radius 1 is 1.18 bits per heavy atom. The summed E-state index contributed by atoms with van der Waals surface area (Å²) in [6, 6.07) is 10.2. The van der Waals surface area contributed by atoms with Crippen molar-refractivity contribution in [1.82, 2.24) is 24.1 Å². The van der Waals surface area contributed by atoms with E-state index in [1.807, 2.05) is 43.9 Å². The number of hydrogen-bond donors (Lipinski definition) is 1. The van der Waals surface area contributed by atoms with Gasteiger partial charge >= 0.3 is 0 Å². The van der Waals surface area contributed by atoms with Crippen LogP contribution in [0.5, 0.6) is 0 Å². The van der Waals surface area contributed by atoms with Crippen LogP contribution in [0, 0.1) is 6.92 Å².